The first-order valence-electron chi connectivity index (χ1n) is 7.63. The number of likely N-dealkylation sites (tertiary alicyclic amines) is 1. The predicted octanol–water partition coefficient (Wildman–Crippen LogP) is 2.17. The highest BCUT2D eigenvalue weighted by molar-refractivity contribution is 5.89. The van der Waals surface area contributed by atoms with E-state index in [4.69, 9.17) is 5.73 Å². The highest BCUT2D eigenvalue weighted by atomic mass is 16.2. The summed E-state index contributed by atoms with van der Waals surface area (Å²) in [6.45, 7) is 4.89. The highest BCUT2D eigenvalue weighted by Crippen LogP contribution is 2.15. The van der Waals surface area contributed by atoms with E-state index in [-0.39, 0.29) is 12.1 Å². The molecule has 2 unspecified atom stereocenters. The molecule has 1 heterocycles. The van der Waals surface area contributed by atoms with Crippen molar-refractivity contribution >= 4 is 11.7 Å². The Hall–Kier alpha value is -1.59. The van der Waals surface area contributed by atoms with Gasteiger partial charge >= 0.3 is 6.03 Å². The van der Waals surface area contributed by atoms with Crippen LogP contribution in [0.4, 0.5) is 10.5 Å². The summed E-state index contributed by atoms with van der Waals surface area (Å²) in [5, 5.41) is 5.81. The number of anilines is 1. The van der Waals surface area contributed by atoms with Crippen LogP contribution in [0.2, 0.25) is 0 Å². The molecule has 0 saturated carbocycles. The molecule has 5 nitrogen and oxygen atoms in total. The van der Waals surface area contributed by atoms with E-state index < -0.39 is 0 Å². The number of hydrogen-bond acceptors (Lipinski definition) is 3. The Labute approximate surface area is 126 Å². The maximum absolute atomic E-state index is 11.9. The number of benzene rings is 1. The number of amides is 2. The second-order valence-electron chi connectivity index (χ2n) is 6.02. The maximum Gasteiger partial charge on any atom is 0.319 e. The fourth-order valence-corrected chi connectivity index (χ4v) is 2.72. The number of hydrogen-bond donors (Lipinski definition) is 3. The van der Waals surface area contributed by atoms with Crippen molar-refractivity contribution in [2.24, 2.45) is 11.7 Å². The molecule has 0 spiro atoms. The van der Waals surface area contributed by atoms with E-state index in [1.165, 1.54) is 12.8 Å². The minimum Gasteiger partial charge on any atom is -0.338 e. The third kappa shape index (κ3) is 5.02. The molecule has 1 aromatic carbocycles. The molecule has 2 atom stereocenters. The summed E-state index contributed by atoms with van der Waals surface area (Å²) in [6, 6.07) is 7.51. The Bertz CT molecular complexity index is 458. The number of nitrogens with zero attached hydrogens (tertiary/aromatic N) is 1. The lowest BCUT2D eigenvalue weighted by molar-refractivity contribution is 0.204. The van der Waals surface area contributed by atoms with Gasteiger partial charge in [-0.2, -0.15) is 0 Å². The summed E-state index contributed by atoms with van der Waals surface area (Å²) >= 11 is 0. The Morgan fingerprint density at radius 3 is 2.76 bits per heavy atom. The van der Waals surface area contributed by atoms with Crippen LogP contribution >= 0.6 is 0 Å². The van der Waals surface area contributed by atoms with E-state index >= 15 is 0 Å². The zero-order valence-electron chi connectivity index (χ0n) is 12.9. The minimum atomic E-state index is -0.142. The van der Waals surface area contributed by atoms with Gasteiger partial charge in [-0.1, -0.05) is 12.1 Å². The van der Waals surface area contributed by atoms with Crippen LogP contribution < -0.4 is 16.4 Å². The molecule has 1 aromatic rings. The monoisotopic (exact) mass is 290 g/mol. The first-order valence-corrected chi connectivity index (χ1v) is 7.63. The molecule has 2 rings (SSSR count). The van der Waals surface area contributed by atoms with Crippen molar-refractivity contribution in [1.82, 2.24) is 10.2 Å². The zero-order valence-corrected chi connectivity index (χ0v) is 12.9. The van der Waals surface area contributed by atoms with Gasteiger partial charge in [0.1, 0.15) is 0 Å². The molecule has 21 heavy (non-hydrogen) atoms. The van der Waals surface area contributed by atoms with E-state index in [0.717, 1.165) is 30.9 Å². The highest BCUT2D eigenvalue weighted by Gasteiger charge is 2.17. The van der Waals surface area contributed by atoms with E-state index in [2.05, 4.69) is 22.6 Å². The second-order valence-corrected chi connectivity index (χ2v) is 6.02. The van der Waals surface area contributed by atoms with Gasteiger partial charge in [-0.15, -0.1) is 0 Å². The van der Waals surface area contributed by atoms with Crippen LogP contribution in [0.3, 0.4) is 0 Å². The molecule has 1 fully saturated rings. The number of carbonyl (C=O) groups excluding carboxylic acids is 1. The molecule has 0 aliphatic carbocycles. The molecule has 0 bridgehead atoms. The molecule has 5 heteroatoms. The van der Waals surface area contributed by atoms with Crippen LogP contribution in [0, 0.1) is 5.92 Å². The van der Waals surface area contributed by atoms with Gasteiger partial charge in [-0.05, 0) is 57.0 Å². The lowest BCUT2D eigenvalue weighted by atomic mass is 9.99. The Morgan fingerprint density at radius 2 is 2.14 bits per heavy atom. The number of carbonyl (C=O) groups is 1. The van der Waals surface area contributed by atoms with Crippen LogP contribution in [0.1, 0.15) is 31.4 Å². The van der Waals surface area contributed by atoms with E-state index in [9.17, 15) is 4.79 Å². The van der Waals surface area contributed by atoms with Crippen molar-refractivity contribution in [1.29, 1.82) is 0 Å². The van der Waals surface area contributed by atoms with Crippen molar-refractivity contribution in [3.05, 3.63) is 29.8 Å². The lowest BCUT2D eigenvalue weighted by Gasteiger charge is -2.29. The Balaban J connectivity index is 1.76. The summed E-state index contributed by atoms with van der Waals surface area (Å²) in [4.78, 5) is 14.2. The summed E-state index contributed by atoms with van der Waals surface area (Å²) in [5.41, 5.74) is 7.65. The molecule has 0 aromatic heterocycles. The summed E-state index contributed by atoms with van der Waals surface area (Å²) in [7, 11) is 2.13. The zero-order chi connectivity index (χ0) is 15.2. The molecule has 116 valence electrons. The third-order valence-electron chi connectivity index (χ3n) is 3.97. The largest absolute Gasteiger partial charge is 0.338 e. The van der Waals surface area contributed by atoms with Gasteiger partial charge in [0.25, 0.3) is 0 Å². The second kappa shape index (κ2) is 7.43. The van der Waals surface area contributed by atoms with E-state index in [0.29, 0.717) is 5.92 Å². The van der Waals surface area contributed by atoms with Crippen LogP contribution in [0.15, 0.2) is 24.3 Å². The normalized spacial score (nSPS) is 20.8. The number of urea groups is 1. The number of nitrogens with two attached hydrogens (primary N) is 1. The summed E-state index contributed by atoms with van der Waals surface area (Å²) in [5.74, 6) is 0.551. The molecule has 2 amide bonds. The molecule has 1 saturated heterocycles. The fourth-order valence-electron chi connectivity index (χ4n) is 2.72. The average Bonchev–Trinajstić information content (AvgIpc) is 2.46. The maximum atomic E-state index is 11.9. The SMILES string of the molecule is CC(N)c1ccc(NC(=O)NCC2CCCN(C)C2)cc1. The van der Waals surface area contributed by atoms with Gasteiger partial charge in [0.15, 0.2) is 0 Å². The van der Waals surface area contributed by atoms with Crippen LogP contribution in [0.5, 0.6) is 0 Å². The predicted molar refractivity (Wildman–Crippen MR) is 86.3 cm³/mol. The summed E-state index contributed by atoms with van der Waals surface area (Å²) < 4.78 is 0. The molecule has 1 aliphatic heterocycles. The third-order valence-corrected chi connectivity index (χ3v) is 3.97. The first-order chi connectivity index (χ1) is 10.0. The van der Waals surface area contributed by atoms with Crippen molar-refractivity contribution in [2.45, 2.75) is 25.8 Å². The van der Waals surface area contributed by atoms with Gasteiger partial charge in [-0.25, -0.2) is 4.79 Å². The van der Waals surface area contributed by atoms with Crippen molar-refractivity contribution in [3.8, 4) is 0 Å². The summed E-state index contributed by atoms with van der Waals surface area (Å²) in [6.07, 6.45) is 2.40. The lowest BCUT2D eigenvalue weighted by Crippen LogP contribution is -2.40. The average molecular weight is 290 g/mol. The number of nitrogens with one attached hydrogen (secondary N) is 2. The van der Waals surface area contributed by atoms with Gasteiger partial charge < -0.3 is 21.3 Å². The molecule has 0 radical (unpaired) electrons. The smallest absolute Gasteiger partial charge is 0.319 e. The molecular formula is C16H26N4O. The van der Waals surface area contributed by atoms with Crippen LogP contribution in [0.25, 0.3) is 0 Å². The Kier molecular flexibility index (Phi) is 5.59. The molecule has 1 aliphatic rings. The topological polar surface area (TPSA) is 70.4 Å². The number of rotatable bonds is 4. The van der Waals surface area contributed by atoms with Crippen molar-refractivity contribution in [3.63, 3.8) is 0 Å². The van der Waals surface area contributed by atoms with E-state index in [1.807, 2.05) is 31.2 Å². The fraction of sp³-hybridized carbons (Fsp3) is 0.562. The van der Waals surface area contributed by atoms with Crippen molar-refractivity contribution < 1.29 is 4.79 Å². The quantitative estimate of drug-likeness (QED) is 0.796. The van der Waals surface area contributed by atoms with Crippen LogP contribution in [-0.4, -0.2) is 37.6 Å². The van der Waals surface area contributed by atoms with Gasteiger partial charge in [0, 0.05) is 24.8 Å². The number of piperidine rings is 1. The van der Waals surface area contributed by atoms with Crippen LogP contribution in [-0.2, 0) is 0 Å². The van der Waals surface area contributed by atoms with Gasteiger partial charge in [-0.3, -0.25) is 0 Å². The molecule has 4 N–H and O–H groups in total. The molecular weight excluding hydrogens is 264 g/mol. The van der Waals surface area contributed by atoms with Crippen molar-refractivity contribution in [2.75, 3.05) is 32.0 Å². The Morgan fingerprint density at radius 1 is 1.43 bits per heavy atom. The van der Waals surface area contributed by atoms with Gasteiger partial charge in [0.2, 0.25) is 0 Å². The standard InChI is InChI=1S/C16H26N4O/c1-12(17)14-5-7-15(8-6-14)19-16(21)18-10-13-4-3-9-20(2)11-13/h5-8,12-13H,3-4,9-11,17H2,1-2H3,(H2,18,19,21). The minimum absolute atomic E-state index is 0.0103. The first kappa shape index (κ1) is 15.8. The van der Waals surface area contributed by atoms with E-state index in [1.54, 1.807) is 0 Å². The van der Waals surface area contributed by atoms with Gasteiger partial charge in [0.05, 0.1) is 0 Å².